The summed E-state index contributed by atoms with van der Waals surface area (Å²) >= 11 is 0. The van der Waals surface area contributed by atoms with Gasteiger partial charge in [0.1, 0.15) is 12.7 Å². The van der Waals surface area contributed by atoms with Gasteiger partial charge in [0, 0.05) is 19.3 Å². The molecule has 4 heteroatoms. The Labute approximate surface area is 170 Å². The maximum absolute atomic E-state index is 11.9. The van der Waals surface area contributed by atoms with E-state index in [2.05, 4.69) is 27.7 Å². The van der Waals surface area contributed by atoms with E-state index in [0.717, 1.165) is 24.7 Å². The number of fused-ring (bicyclic) bond motifs is 5. The fourth-order valence-corrected chi connectivity index (χ4v) is 7.93. The van der Waals surface area contributed by atoms with Gasteiger partial charge in [0.2, 0.25) is 0 Å². The topological polar surface area (TPSA) is 52.6 Å². The van der Waals surface area contributed by atoms with Gasteiger partial charge >= 0.3 is 11.9 Å². The Bertz CT molecular complexity index is 672. The molecule has 4 aliphatic rings. The molecule has 0 aromatic carbocycles. The molecule has 0 aromatic rings. The molecule has 8 atom stereocenters. The van der Waals surface area contributed by atoms with E-state index >= 15 is 0 Å². The zero-order valence-corrected chi connectivity index (χ0v) is 18.5. The van der Waals surface area contributed by atoms with Crippen LogP contribution >= 0.6 is 0 Å². The Kier molecular flexibility index (Phi) is 4.67. The first-order valence-corrected chi connectivity index (χ1v) is 11.3. The Hall–Kier alpha value is -1.06. The number of hydrogen-bond acceptors (Lipinski definition) is 4. The summed E-state index contributed by atoms with van der Waals surface area (Å²) in [4.78, 5) is 23.4. The minimum atomic E-state index is -0.232. The van der Waals surface area contributed by atoms with Gasteiger partial charge in [-0.2, -0.15) is 0 Å². The zero-order chi connectivity index (χ0) is 20.5. The molecule has 158 valence electrons. The Balaban J connectivity index is 1.70. The number of hydrogen-bond donors (Lipinski definition) is 0. The molecule has 4 aliphatic carbocycles. The van der Waals surface area contributed by atoms with E-state index < -0.39 is 0 Å². The molecule has 0 radical (unpaired) electrons. The number of rotatable bonds is 4. The molecule has 4 fully saturated rings. The largest absolute Gasteiger partial charge is 0.465 e. The molecule has 28 heavy (non-hydrogen) atoms. The number of carbonyl (C=O) groups is 2. The van der Waals surface area contributed by atoms with Crippen molar-refractivity contribution in [1.82, 2.24) is 0 Å². The van der Waals surface area contributed by atoms with Crippen LogP contribution in [-0.2, 0) is 19.1 Å². The summed E-state index contributed by atoms with van der Waals surface area (Å²) in [6.45, 7) is 13.2. The fourth-order valence-electron chi connectivity index (χ4n) is 7.93. The van der Waals surface area contributed by atoms with E-state index in [-0.39, 0.29) is 28.9 Å². The first kappa shape index (κ1) is 20.2. The van der Waals surface area contributed by atoms with Gasteiger partial charge in [0.05, 0.1) is 0 Å². The predicted molar refractivity (Wildman–Crippen MR) is 107 cm³/mol. The van der Waals surface area contributed by atoms with Crippen LogP contribution in [-0.4, -0.2) is 24.6 Å². The van der Waals surface area contributed by atoms with Crippen LogP contribution in [0.4, 0.5) is 0 Å². The SMILES string of the molecule is CC(=O)OC[C@]12C[C@H]1[C@@H]1[C@H]3[C@H](C(C)C)CC[C@]3(C)CC[C@@]1(C)C[C@H]2OC(C)=O. The van der Waals surface area contributed by atoms with Crippen molar-refractivity contribution in [2.45, 2.75) is 86.2 Å². The van der Waals surface area contributed by atoms with Crippen molar-refractivity contribution in [3.8, 4) is 0 Å². The van der Waals surface area contributed by atoms with Crippen molar-refractivity contribution in [3.05, 3.63) is 0 Å². The second kappa shape index (κ2) is 6.47. The van der Waals surface area contributed by atoms with Crippen molar-refractivity contribution >= 4 is 11.9 Å². The van der Waals surface area contributed by atoms with Gasteiger partial charge in [-0.3, -0.25) is 9.59 Å². The second-order valence-electron chi connectivity index (χ2n) is 11.4. The monoisotopic (exact) mass is 390 g/mol. The van der Waals surface area contributed by atoms with Crippen LogP contribution in [0.2, 0.25) is 0 Å². The van der Waals surface area contributed by atoms with Crippen LogP contribution < -0.4 is 0 Å². The smallest absolute Gasteiger partial charge is 0.302 e. The van der Waals surface area contributed by atoms with Crippen LogP contribution in [0.5, 0.6) is 0 Å². The third-order valence-electron chi connectivity index (χ3n) is 9.39. The standard InChI is InChI=1S/C24H38O4/c1-14(2)17-7-8-22(5)9-10-23(6)12-19(28-16(4)26)24(13-27-15(3)25)11-18(24)21(23)20(17)22/h14,17-21H,7-13H2,1-6H3/t17-,18-,19+,20+,21+,22+,23-,24+/m0/s1. The molecule has 0 unspecified atom stereocenters. The van der Waals surface area contributed by atoms with Crippen molar-refractivity contribution in [1.29, 1.82) is 0 Å². The summed E-state index contributed by atoms with van der Waals surface area (Å²) in [6.07, 6.45) is 7.07. The van der Waals surface area contributed by atoms with Gasteiger partial charge in [-0.25, -0.2) is 0 Å². The summed E-state index contributed by atoms with van der Waals surface area (Å²) in [5, 5.41) is 0. The van der Waals surface area contributed by atoms with E-state index in [1.165, 1.54) is 39.5 Å². The maximum atomic E-state index is 11.9. The predicted octanol–water partition coefficient (Wildman–Crippen LogP) is 5.00. The van der Waals surface area contributed by atoms with E-state index in [1.807, 2.05) is 0 Å². The Morgan fingerprint density at radius 1 is 0.964 bits per heavy atom. The third-order valence-corrected chi connectivity index (χ3v) is 9.39. The highest BCUT2D eigenvalue weighted by Gasteiger charge is 2.74. The fraction of sp³-hybridized carbons (Fsp3) is 0.917. The van der Waals surface area contributed by atoms with Gasteiger partial charge in [-0.15, -0.1) is 0 Å². The highest BCUT2D eigenvalue weighted by atomic mass is 16.6. The van der Waals surface area contributed by atoms with Gasteiger partial charge in [-0.1, -0.05) is 27.7 Å². The quantitative estimate of drug-likeness (QED) is 0.634. The summed E-state index contributed by atoms with van der Waals surface area (Å²) in [6, 6.07) is 0. The molecule has 0 aliphatic heterocycles. The van der Waals surface area contributed by atoms with E-state index in [4.69, 9.17) is 9.47 Å². The van der Waals surface area contributed by atoms with Crippen LogP contribution in [0.15, 0.2) is 0 Å². The van der Waals surface area contributed by atoms with Gasteiger partial charge in [0.25, 0.3) is 0 Å². The lowest BCUT2D eigenvalue weighted by Gasteiger charge is -2.58. The van der Waals surface area contributed by atoms with E-state index in [0.29, 0.717) is 29.8 Å². The minimum Gasteiger partial charge on any atom is -0.465 e. The van der Waals surface area contributed by atoms with Gasteiger partial charge in [-0.05, 0) is 78.9 Å². The number of ether oxygens (including phenoxy) is 2. The molecule has 0 amide bonds. The first-order valence-electron chi connectivity index (χ1n) is 11.3. The molecule has 4 saturated carbocycles. The van der Waals surface area contributed by atoms with E-state index in [1.54, 1.807) is 0 Å². The summed E-state index contributed by atoms with van der Waals surface area (Å²) < 4.78 is 11.4. The maximum Gasteiger partial charge on any atom is 0.302 e. The normalized spacial score (nSPS) is 49.0. The molecule has 0 bridgehead atoms. The molecule has 0 spiro atoms. The van der Waals surface area contributed by atoms with Crippen molar-refractivity contribution in [2.24, 2.45) is 45.8 Å². The minimum absolute atomic E-state index is 0.112. The summed E-state index contributed by atoms with van der Waals surface area (Å²) in [5.41, 5.74) is 0.524. The highest BCUT2D eigenvalue weighted by Crippen LogP contribution is 2.77. The lowest BCUT2D eigenvalue weighted by Crippen LogP contribution is -2.55. The van der Waals surface area contributed by atoms with E-state index in [9.17, 15) is 9.59 Å². The molecule has 0 saturated heterocycles. The van der Waals surface area contributed by atoms with Crippen molar-refractivity contribution in [2.75, 3.05) is 6.61 Å². The van der Waals surface area contributed by atoms with Crippen LogP contribution in [0.1, 0.15) is 80.1 Å². The van der Waals surface area contributed by atoms with Gasteiger partial charge in [0.15, 0.2) is 0 Å². The van der Waals surface area contributed by atoms with Crippen molar-refractivity contribution < 1.29 is 19.1 Å². The molecule has 4 nitrogen and oxygen atoms in total. The second-order valence-corrected chi connectivity index (χ2v) is 11.4. The molecule has 0 N–H and O–H groups in total. The first-order chi connectivity index (χ1) is 13.0. The summed E-state index contributed by atoms with van der Waals surface area (Å²) in [5.74, 6) is 2.97. The Morgan fingerprint density at radius 2 is 1.64 bits per heavy atom. The molecule has 0 aromatic heterocycles. The third kappa shape index (κ3) is 2.92. The molecular weight excluding hydrogens is 352 g/mol. The van der Waals surface area contributed by atoms with Gasteiger partial charge < -0.3 is 9.47 Å². The molecule has 4 rings (SSSR count). The number of esters is 2. The Morgan fingerprint density at radius 3 is 2.25 bits per heavy atom. The number of carbonyl (C=O) groups excluding carboxylic acids is 2. The van der Waals surface area contributed by atoms with Crippen LogP contribution in [0.25, 0.3) is 0 Å². The van der Waals surface area contributed by atoms with Crippen LogP contribution in [0.3, 0.4) is 0 Å². The van der Waals surface area contributed by atoms with Crippen LogP contribution in [0, 0.1) is 45.8 Å². The molecular formula is C24H38O4. The average Bonchev–Trinajstić information content (AvgIpc) is 3.21. The lowest BCUT2D eigenvalue weighted by atomic mass is 9.47. The lowest BCUT2D eigenvalue weighted by molar-refractivity contribution is -0.174. The van der Waals surface area contributed by atoms with Crippen molar-refractivity contribution in [3.63, 3.8) is 0 Å². The average molecular weight is 391 g/mol. The zero-order valence-electron chi connectivity index (χ0n) is 18.5. The highest BCUT2D eigenvalue weighted by molar-refractivity contribution is 5.67. The molecule has 0 heterocycles. The summed E-state index contributed by atoms with van der Waals surface area (Å²) in [7, 11) is 0.